The van der Waals surface area contributed by atoms with E-state index < -0.39 is 0 Å². The van der Waals surface area contributed by atoms with E-state index in [1.165, 1.54) is 25.7 Å². The van der Waals surface area contributed by atoms with E-state index in [0.717, 1.165) is 38.8 Å². The number of Topliss-reactive ketones (excluding diaryl/α,β-unsaturated/α-hetero) is 1. The summed E-state index contributed by atoms with van der Waals surface area (Å²) in [5.74, 6) is 0.441. The van der Waals surface area contributed by atoms with Crippen LogP contribution in [0, 0.1) is 5.41 Å². The van der Waals surface area contributed by atoms with Crippen LogP contribution in [-0.2, 0) is 9.53 Å². The third kappa shape index (κ3) is 5.23. The number of carbonyl (C=O) groups is 1. The van der Waals surface area contributed by atoms with Crippen LogP contribution in [0.2, 0.25) is 0 Å². The Morgan fingerprint density at radius 3 is 2.42 bits per heavy atom. The summed E-state index contributed by atoms with van der Waals surface area (Å²) in [6.45, 7) is 6.15. The zero-order chi connectivity index (χ0) is 14.1. The van der Waals surface area contributed by atoms with Gasteiger partial charge >= 0.3 is 0 Å². The number of nitrogens with one attached hydrogen (secondary N) is 1. The van der Waals surface area contributed by atoms with Gasteiger partial charge in [-0.15, -0.1) is 0 Å². The van der Waals surface area contributed by atoms with Crippen LogP contribution in [-0.4, -0.2) is 32.1 Å². The van der Waals surface area contributed by atoms with Crippen molar-refractivity contribution in [1.82, 2.24) is 5.32 Å². The summed E-state index contributed by atoms with van der Waals surface area (Å²) in [5, 5.41) is 3.42. The van der Waals surface area contributed by atoms with Gasteiger partial charge < -0.3 is 10.1 Å². The van der Waals surface area contributed by atoms with Crippen LogP contribution >= 0.6 is 0 Å². The Morgan fingerprint density at radius 1 is 1.26 bits per heavy atom. The molecule has 1 spiro atoms. The minimum absolute atomic E-state index is 0.188. The Balaban J connectivity index is 0.000000312. The molecule has 1 saturated carbocycles. The molecule has 1 unspecified atom stereocenters. The molecule has 0 bridgehead atoms. The van der Waals surface area contributed by atoms with E-state index >= 15 is 0 Å². The van der Waals surface area contributed by atoms with Gasteiger partial charge in [-0.05, 0) is 37.5 Å². The van der Waals surface area contributed by atoms with E-state index in [2.05, 4.69) is 19.2 Å². The largest absolute Gasteiger partial charge is 0.385 e. The molecule has 1 N–H and O–H groups in total. The number of hydrogen-bond acceptors (Lipinski definition) is 3. The van der Waals surface area contributed by atoms with Gasteiger partial charge in [0, 0.05) is 26.7 Å². The fourth-order valence-electron chi connectivity index (χ4n) is 3.28. The maximum Gasteiger partial charge on any atom is 0.149 e. The number of carbonyl (C=O) groups excluding carboxylic acids is 1. The Bertz CT molecular complexity index is 257. The van der Waals surface area contributed by atoms with Crippen LogP contribution in [0.25, 0.3) is 0 Å². The van der Waals surface area contributed by atoms with Gasteiger partial charge in [0.05, 0.1) is 6.04 Å². The summed E-state index contributed by atoms with van der Waals surface area (Å²) in [6.07, 6.45) is 9.42. The van der Waals surface area contributed by atoms with Gasteiger partial charge in [-0.2, -0.15) is 0 Å². The average molecular weight is 269 g/mol. The van der Waals surface area contributed by atoms with Crippen molar-refractivity contribution in [2.24, 2.45) is 5.41 Å². The van der Waals surface area contributed by atoms with Crippen LogP contribution in [0.4, 0.5) is 0 Å². The molecule has 1 aliphatic carbocycles. The molecular formula is C16H31NO2. The predicted molar refractivity (Wildman–Crippen MR) is 79.4 cm³/mol. The summed E-state index contributed by atoms with van der Waals surface area (Å²) in [5.41, 5.74) is 0.508. The van der Waals surface area contributed by atoms with Gasteiger partial charge in [0.2, 0.25) is 0 Å². The molecule has 0 aromatic rings. The van der Waals surface area contributed by atoms with Crippen LogP contribution < -0.4 is 5.32 Å². The van der Waals surface area contributed by atoms with Crippen molar-refractivity contribution in [2.75, 3.05) is 20.3 Å². The Morgan fingerprint density at radius 2 is 1.95 bits per heavy atom. The smallest absolute Gasteiger partial charge is 0.149 e. The summed E-state index contributed by atoms with van der Waals surface area (Å²) in [7, 11) is 1.71. The molecule has 2 aliphatic rings. The first kappa shape index (κ1) is 16.6. The van der Waals surface area contributed by atoms with Crippen molar-refractivity contribution in [2.45, 2.75) is 71.3 Å². The molecule has 3 nitrogen and oxygen atoms in total. The molecule has 0 radical (unpaired) electrons. The van der Waals surface area contributed by atoms with Crippen molar-refractivity contribution < 1.29 is 9.53 Å². The Labute approximate surface area is 118 Å². The molecule has 112 valence electrons. The van der Waals surface area contributed by atoms with Crippen molar-refractivity contribution in [3.63, 3.8) is 0 Å². The van der Waals surface area contributed by atoms with Crippen molar-refractivity contribution >= 4 is 5.78 Å². The second kappa shape index (κ2) is 8.70. The first-order valence-electron chi connectivity index (χ1n) is 7.92. The van der Waals surface area contributed by atoms with Crippen LogP contribution in [0.3, 0.4) is 0 Å². The molecule has 1 saturated heterocycles. The van der Waals surface area contributed by atoms with Gasteiger partial charge in [-0.1, -0.05) is 26.7 Å². The molecule has 0 amide bonds. The predicted octanol–water partition coefficient (Wildman–Crippen LogP) is 3.32. The Hall–Kier alpha value is -0.410. The monoisotopic (exact) mass is 269 g/mol. The topological polar surface area (TPSA) is 38.3 Å². The molecule has 3 heteroatoms. The van der Waals surface area contributed by atoms with Gasteiger partial charge in [-0.3, -0.25) is 4.79 Å². The lowest BCUT2D eigenvalue weighted by Crippen LogP contribution is -2.30. The summed E-state index contributed by atoms with van der Waals surface area (Å²) >= 11 is 0. The van der Waals surface area contributed by atoms with Gasteiger partial charge in [0.1, 0.15) is 5.78 Å². The minimum atomic E-state index is 0.188. The highest BCUT2D eigenvalue weighted by molar-refractivity contribution is 5.84. The standard InChI is InChI=1S/C12H21NO.C4H10O/c1-2-5-11(14)10-8-12(9-13-10)6-3-4-7-12;1-3-4-5-2/h10,13H,2-9H2,1H3;3-4H2,1-2H3. The SMILES string of the molecule is CCCC(=O)C1CC2(CCCC2)CN1.CCCOC. The van der Waals surface area contributed by atoms with Crippen LogP contribution in [0.15, 0.2) is 0 Å². The first-order valence-corrected chi connectivity index (χ1v) is 7.92. The molecule has 1 heterocycles. The molecule has 2 fully saturated rings. The highest BCUT2D eigenvalue weighted by Crippen LogP contribution is 2.44. The second-order valence-electron chi connectivity index (χ2n) is 6.05. The Kier molecular flexibility index (Phi) is 7.62. The van der Waals surface area contributed by atoms with Crippen molar-refractivity contribution in [3.8, 4) is 0 Å². The number of methoxy groups -OCH3 is 1. The van der Waals surface area contributed by atoms with E-state index in [1.807, 2.05) is 0 Å². The lowest BCUT2D eigenvalue weighted by molar-refractivity contribution is -0.120. The fourth-order valence-corrected chi connectivity index (χ4v) is 3.28. The van der Waals surface area contributed by atoms with E-state index in [-0.39, 0.29) is 6.04 Å². The van der Waals surface area contributed by atoms with Gasteiger partial charge in [0.15, 0.2) is 0 Å². The lowest BCUT2D eigenvalue weighted by atomic mass is 9.83. The molecular weight excluding hydrogens is 238 g/mol. The summed E-state index contributed by atoms with van der Waals surface area (Å²) in [6, 6.07) is 0.188. The van der Waals surface area contributed by atoms with Crippen molar-refractivity contribution in [3.05, 3.63) is 0 Å². The second-order valence-corrected chi connectivity index (χ2v) is 6.05. The van der Waals surface area contributed by atoms with Crippen LogP contribution in [0.1, 0.15) is 65.2 Å². The number of ether oxygens (including phenoxy) is 1. The minimum Gasteiger partial charge on any atom is -0.385 e. The molecule has 2 rings (SSSR count). The number of rotatable bonds is 5. The van der Waals surface area contributed by atoms with E-state index in [4.69, 9.17) is 4.74 Å². The van der Waals surface area contributed by atoms with E-state index in [0.29, 0.717) is 11.2 Å². The third-order valence-corrected chi connectivity index (χ3v) is 4.32. The molecule has 0 aromatic heterocycles. The zero-order valence-electron chi connectivity index (χ0n) is 13.0. The van der Waals surface area contributed by atoms with Crippen LogP contribution in [0.5, 0.6) is 0 Å². The average Bonchev–Trinajstić information content (AvgIpc) is 3.03. The normalized spacial score (nSPS) is 24.3. The van der Waals surface area contributed by atoms with Gasteiger partial charge in [0.25, 0.3) is 0 Å². The first-order chi connectivity index (χ1) is 9.17. The van der Waals surface area contributed by atoms with Gasteiger partial charge in [-0.25, -0.2) is 0 Å². The fraction of sp³-hybridized carbons (Fsp3) is 0.938. The maximum atomic E-state index is 11.7. The third-order valence-electron chi connectivity index (χ3n) is 4.32. The molecule has 19 heavy (non-hydrogen) atoms. The lowest BCUT2D eigenvalue weighted by Gasteiger charge is -2.20. The molecule has 1 aliphatic heterocycles. The quantitative estimate of drug-likeness (QED) is 0.832. The summed E-state index contributed by atoms with van der Waals surface area (Å²) in [4.78, 5) is 11.7. The zero-order valence-corrected chi connectivity index (χ0v) is 13.0. The maximum absolute atomic E-state index is 11.7. The molecule has 1 atom stereocenters. The molecule has 0 aromatic carbocycles. The number of hydrogen-bond donors (Lipinski definition) is 1. The number of ketones is 1. The van der Waals surface area contributed by atoms with E-state index in [1.54, 1.807) is 7.11 Å². The highest BCUT2D eigenvalue weighted by atomic mass is 16.5. The van der Waals surface area contributed by atoms with E-state index in [9.17, 15) is 4.79 Å². The highest BCUT2D eigenvalue weighted by Gasteiger charge is 2.42. The van der Waals surface area contributed by atoms with Crippen molar-refractivity contribution in [1.29, 1.82) is 0 Å². The summed E-state index contributed by atoms with van der Waals surface area (Å²) < 4.78 is 4.69.